The molecule has 0 spiro atoms. The molecule has 1 aliphatic carbocycles. The van der Waals surface area contributed by atoms with Crippen molar-refractivity contribution in [3.63, 3.8) is 0 Å². The lowest BCUT2D eigenvalue weighted by Crippen LogP contribution is -2.45. The average Bonchev–Trinajstić information content (AvgIpc) is 3.95. The second-order valence-corrected chi connectivity index (χ2v) is 19.8. The van der Waals surface area contributed by atoms with E-state index in [9.17, 15) is 18.4 Å². The van der Waals surface area contributed by atoms with Crippen LogP contribution in [0, 0.1) is 12.8 Å². The summed E-state index contributed by atoms with van der Waals surface area (Å²) in [5.74, 6) is 3.40. The lowest BCUT2D eigenvalue weighted by Gasteiger charge is -2.34. The highest BCUT2D eigenvalue weighted by atomic mass is 19.3. The van der Waals surface area contributed by atoms with E-state index < -0.39 is 11.8 Å². The van der Waals surface area contributed by atoms with E-state index in [4.69, 9.17) is 48.7 Å². The van der Waals surface area contributed by atoms with Gasteiger partial charge in [0.2, 0.25) is 17.7 Å². The summed E-state index contributed by atoms with van der Waals surface area (Å²) in [6, 6.07) is 0.622. The molecule has 76 heavy (non-hydrogen) atoms. The molecule has 0 radical (unpaired) electrons. The van der Waals surface area contributed by atoms with E-state index in [1.54, 1.807) is 12.3 Å². The molecule has 1 saturated carbocycles. The zero-order valence-corrected chi connectivity index (χ0v) is 46.7. The molecule has 3 aliphatic rings. The molecule has 3 heterocycles. The predicted octanol–water partition coefficient (Wildman–Crippen LogP) is 6.98. The van der Waals surface area contributed by atoms with Crippen LogP contribution in [-0.2, 0) is 60.4 Å². The number of halogens is 2. The largest absolute Gasteiger partial charge is 0.379 e. The fourth-order valence-corrected chi connectivity index (χ4v) is 9.97. The van der Waals surface area contributed by atoms with Crippen molar-refractivity contribution in [1.82, 2.24) is 24.7 Å². The summed E-state index contributed by atoms with van der Waals surface area (Å²) in [4.78, 5) is 40.7. The fourth-order valence-electron chi connectivity index (χ4n) is 9.97. The number of nitrogens with one attached hydrogen (secondary N) is 1. The number of rotatable bonds is 41. The zero-order chi connectivity index (χ0) is 54.8. The topological polar surface area (TPSA) is 195 Å². The number of carbonyl (C=O) groups excluding carboxylic acids is 2. The van der Waals surface area contributed by atoms with Crippen molar-refractivity contribution in [2.24, 2.45) is 21.9 Å². The van der Waals surface area contributed by atoms with Gasteiger partial charge >= 0.3 is 0 Å². The van der Waals surface area contributed by atoms with Gasteiger partial charge < -0.3 is 58.5 Å². The maximum atomic E-state index is 13.9. The monoisotopic (exact) mass is 1080 g/mol. The number of carbonyl (C=O) groups is 2. The summed E-state index contributed by atoms with van der Waals surface area (Å²) >= 11 is 0. The Morgan fingerprint density at radius 1 is 0.855 bits per heavy atom. The third-order valence-electron chi connectivity index (χ3n) is 14.1. The van der Waals surface area contributed by atoms with Crippen molar-refractivity contribution < 1.29 is 56.3 Å². The predicted molar refractivity (Wildman–Crippen MR) is 292 cm³/mol. The third-order valence-corrected chi connectivity index (χ3v) is 14.1. The second-order valence-electron chi connectivity index (χ2n) is 19.8. The van der Waals surface area contributed by atoms with Crippen molar-refractivity contribution >= 4 is 23.7 Å². The molecular weight excluding hydrogens is 983 g/mol. The molecule has 2 aliphatic heterocycles. The van der Waals surface area contributed by atoms with E-state index in [1.165, 1.54) is 5.69 Å². The number of aliphatic imine (C=N–C) groups is 1. The van der Waals surface area contributed by atoms with Crippen LogP contribution in [0.4, 0.5) is 8.78 Å². The Morgan fingerprint density at radius 2 is 1.42 bits per heavy atom. The van der Waals surface area contributed by atoms with Crippen LogP contribution >= 0.6 is 0 Å². The van der Waals surface area contributed by atoms with Crippen LogP contribution in [0.5, 0.6) is 0 Å². The molecule has 2 fully saturated rings. The van der Waals surface area contributed by atoms with Gasteiger partial charge in [0.05, 0.1) is 130 Å². The molecule has 4 unspecified atom stereocenters. The number of nitrogens with zero attached hydrogens (tertiary/aromatic N) is 6. The molecule has 0 aromatic carbocycles. The van der Waals surface area contributed by atoms with Gasteiger partial charge in [-0.05, 0) is 78.2 Å². The van der Waals surface area contributed by atoms with Gasteiger partial charge in [-0.2, -0.15) is 5.10 Å². The SMILES string of the molecule is C=C/C(=C\C=C/C)C(CCN1C(C)CCC1CC(C)n1c(C)nc2c1CCN(C(=O)CC/C(C=NCCOCCOCCOCCOCCOCCOCCOCCOCCC)=N/N)C2)NC(=O)C1CCC(F)(F)CC1. The van der Waals surface area contributed by atoms with Gasteiger partial charge in [0.25, 0.3) is 0 Å². The first-order chi connectivity index (χ1) is 36.9. The lowest BCUT2D eigenvalue weighted by atomic mass is 9.86. The smallest absolute Gasteiger partial charge is 0.248 e. The Labute approximate surface area is 452 Å². The second kappa shape index (κ2) is 37.8. The Bertz CT molecular complexity index is 1920. The standard InChI is InChI=1S/C56H94F2N8O10/c1-7-10-11-47(9-3)51(62-55(68)48-16-20-56(57,58)21-17-48)18-24-65-44(4)12-14-50(65)41-45(5)66-46(6)61-52-43-64(23-19-53(52)66)54(67)15-13-49(63-59)42-60-22-26-70-28-30-72-32-34-74-36-38-76-40-39-75-37-35-73-33-31-71-29-27-69-25-8-2/h7,9-11,42,44-45,48,50-51H,3,8,12-41,43,59H2,1-2,4-6H3,(H,62,68)/b10-7-,47-11+,60-42?,63-49-. The molecule has 4 rings (SSSR count). The van der Waals surface area contributed by atoms with Crippen LogP contribution in [0.1, 0.15) is 122 Å². The number of hydrazone groups is 1. The first kappa shape index (κ1) is 64.5. The molecule has 3 N–H and O–H groups in total. The van der Waals surface area contributed by atoms with E-state index in [0.29, 0.717) is 149 Å². The Balaban J connectivity index is 1.06. The van der Waals surface area contributed by atoms with E-state index >= 15 is 0 Å². The first-order valence-corrected chi connectivity index (χ1v) is 28.0. The highest BCUT2D eigenvalue weighted by Gasteiger charge is 2.39. The molecule has 1 aromatic heterocycles. The summed E-state index contributed by atoms with van der Waals surface area (Å²) in [6.45, 7) is 25.1. The number of amides is 2. The van der Waals surface area contributed by atoms with E-state index in [1.807, 2.05) is 37.0 Å². The number of hydrogen-bond donors (Lipinski definition) is 2. The van der Waals surface area contributed by atoms with Crippen LogP contribution in [0.15, 0.2) is 46.5 Å². The molecule has 1 saturated heterocycles. The van der Waals surface area contributed by atoms with Gasteiger partial charge in [0.15, 0.2) is 0 Å². The average molecular weight is 1080 g/mol. The first-order valence-electron chi connectivity index (χ1n) is 28.0. The van der Waals surface area contributed by atoms with Crippen LogP contribution in [0.2, 0.25) is 0 Å². The maximum Gasteiger partial charge on any atom is 0.248 e. The molecule has 4 atom stereocenters. The van der Waals surface area contributed by atoms with Gasteiger partial charge in [-0.3, -0.25) is 19.5 Å². The summed E-state index contributed by atoms with van der Waals surface area (Å²) in [7, 11) is 0. The van der Waals surface area contributed by atoms with E-state index in [2.05, 4.69) is 52.2 Å². The number of hydrogen-bond acceptors (Lipinski definition) is 15. The highest BCUT2D eigenvalue weighted by Crippen LogP contribution is 2.37. The van der Waals surface area contributed by atoms with Gasteiger partial charge in [-0.25, -0.2) is 13.8 Å². The number of likely N-dealkylation sites (tertiary alicyclic amines) is 1. The quantitative estimate of drug-likeness (QED) is 0.0225. The third kappa shape index (κ3) is 24.4. The molecule has 1 aromatic rings. The number of fused-ring (bicyclic) bond motifs is 1. The van der Waals surface area contributed by atoms with E-state index in [0.717, 1.165) is 62.3 Å². The Hall–Kier alpha value is -3.99. The number of allylic oxidation sites excluding steroid dienone is 3. The zero-order valence-electron chi connectivity index (χ0n) is 46.7. The summed E-state index contributed by atoms with van der Waals surface area (Å²) in [5.41, 5.74) is 3.58. The number of alkyl halides is 2. The summed E-state index contributed by atoms with van der Waals surface area (Å²) < 4.78 is 74.2. The van der Waals surface area contributed by atoms with Crippen molar-refractivity contribution in [3.8, 4) is 0 Å². The van der Waals surface area contributed by atoms with Crippen molar-refractivity contribution in [2.75, 3.05) is 125 Å². The van der Waals surface area contributed by atoms with Gasteiger partial charge in [0.1, 0.15) is 5.82 Å². The minimum Gasteiger partial charge on any atom is -0.379 e. The molecule has 0 bridgehead atoms. The normalized spacial score (nSPS) is 19.5. The van der Waals surface area contributed by atoms with Crippen LogP contribution < -0.4 is 11.2 Å². The molecular formula is C56H94F2N8O10. The maximum absolute atomic E-state index is 13.9. The van der Waals surface area contributed by atoms with Crippen molar-refractivity contribution in [3.05, 3.63) is 53.7 Å². The van der Waals surface area contributed by atoms with Crippen molar-refractivity contribution in [2.45, 2.75) is 148 Å². The number of ether oxygens (including phenoxy) is 8. The Kier molecular flexibility index (Phi) is 32.1. The summed E-state index contributed by atoms with van der Waals surface area (Å²) in [6.07, 6.45) is 15.3. The molecule has 432 valence electrons. The molecule has 2 amide bonds. The highest BCUT2D eigenvalue weighted by molar-refractivity contribution is 6.30. The number of aryl methyl sites for hydroxylation is 1. The minimum atomic E-state index is -2.69. The molecule has 20 heteroatoms. The number of nitrogens with two attached hydrogens (primary N) is 1. The van der Waals surface area contributed by atoms with Crippen molar-refractivity contribution in [1.29, 1.82) is 0 Å². The van der Waals surface area contributed by atoms with Crippen LogP contribution in [0.3, 0.4) is 0 Å². The Morgan fingerprint density at radius 3 is 1.96 bits per heavy atom. The van der Waals surface area contributed by atoms with Crippen LogP contribution in [-0.4, -0.2) is 192 Å². The number of imidazole rings is 1. The number of aromatic nitrogens is 2. The van der Waals surface area contributed by atoms with E-state index in [-0.39, 0.29) is 56.0 Å². The van der Waals surface area contributed by atoms with Crippen LogP contribution in [0.25, 0.3) is 0 Å². The lowest BCUT2D eigenvalue weighted by molar-refractivity contribution is -0.132. The summed E-state index contributed by atoms with van der Waals surface area (Å²) in [5, 5.41) is 7.11. The van der Waals surface area contributed by atoms with Gasteiger partial charge in [-0.15, -0.1) is 0 Å². The minimum absolute atomic E-state index is 0.0225. The van der Waals surface area contributed by atoms with Gasteiger partial charge in [-0.1, -0.05) is 37.8 Å². The van der Waals surface area contributed by atoms with Gasteiger partial charge in [0, 0.05) is 87.8 Å². The molecule has 18 nitrogen and oxygen atoms in total. The fraction of sp³-hybridized carbons (Fsp3) is 0.768.